The van der Waals surface area contributed by atoms with Crippen LogP contribution < -0.4 is 5.32 Å². The van der Waals surface area contributed by atoms with Gasteiger partial charge in [-0.3, -0.25) is 5.32 Å². The second-order valence-corrected chi connectivity index (χ2v) is 6.75. The van der Waals surface area contributed by atoms with E-state index in [4.69, 9.17) is 0 Å². The van der Waals surface area contributed by atoms with E-state index in [1.165, 1.54) is 32.1 Å². The van der Waals surface area contributed by atoms with Crippen molar-refractivity contribution in [1.82, 2.24) is 10.2 Å². The summed E-state index contributed by atoms with van der Waals surface area (Å²) in [6.45, 7) is 2.36. The average molecular weight is 247 g/mol. The molecule has 0 radical (unpaired) electrons. The highest BCUT2D eigenvalue weighted by atomic mass is 15.2. The number of nitrogens with zero attached hydrogens (tertiary/aromatic N) is 2. The number of nitrogens with one attached hydrogen (secondary N) is 1. The van der Waals surface area contributed by atoms with Gasteiger partial charge in [-0.05, 0) is 64.8 Å². The Labute approximate surface area is 111 Å². The third-order valence-electron chi connectivity index (χ3n) is 5.28. The molecule has 0 bridgehead atoms. The van der Waals surface area contributed by atoms with Crippen LogP contribution in [0.5, 0.6) is 0 Å². The molecule has 0 spiro atoms. The summed E-state index contributed by atoms with van der Waals surface area (Å²) in [6, 6.07) is 4.52. The Morgan fingerprint density at radius 3 is 2.56 bits per heavy atom. The summed E-state index contributed by atoms with van der Waals surface area (Å²) in [7, 11) is 2.26. The van der Waals surface area contributed by atoms with E-state index in [-0.39, 0.29) is 5.54 Å². The van der Waals surface area contributed by atoms with Crippen LogP contribution in [-0.4, -0.2) is 35.6 Å². The van der Waals surface area contributed by atoms with Crippen molar-refractivity contribution in [1.29, 1.82) is 5.26 Å². The lowest BCUT2D eigenvalue weighted by molar-refractivity contribution is 0.164. The van der Waals surface area contributed by atoms with E-state index in [0.717, 1.165) is 18.8 Å². The molecule has 3 unspecified atom stereocenters. The van der Waals surface area contributed by atoms with Gasteiger partial charge in [0, 0.05) is 18.1 Å². The van der Waals surface area contributed by atoms with Gasteiger partial charge in [0.2, 0.25) is 0 Å². The van der Waals surface area contributed by atoms with Crippen molar-refractivity contribution < 1.29 is 0 Å². The second kappa shape index (κ2) is 4.51. The van der Waals surface area contributed by atoms with Gasteiger partial charge >= 0.3 is 0 Å². The molecule has 3 atom stereocenters. The predicted molar refractivity (Wildman–Crippen MR) is 72.1 cm³/mol. The first kappa shape index (κ1) is 12.4. The Bertz CT molecular complexity index is 353. The van der Waals surface area contributed by atoms with Crippen LogP contribution in [0.25, 0.3) is 0 Å². The molecule has 0 aliphatic heterocycles. The van der Waals surface area contributed by atoms with Crippen LogP contribution in [0, 0.1) is 17.2 Å². The second-order valence-electron chi connectivity index (χ2n) is 6.75. The molecule has 3 nitrogen and oxygen atoms in total. The van der Waals surface area contributed by atoms with E-state index < -0.39 is 0 Å². The van der Waals surface area contributed by atoms with Gasteiger partial charge in [-0.15, -0.1) is 0 Å². The molecule has 1 N–H and O–H groups in total. The zero-order valence-corrected chi connectivity index (χ0v) is 11.7. The Kier molecular flexibility index (Phi) is 3.11. The van der Waals surface area contributed by atoms with Gasteiger partial charge in [0.1, 0.15) is 5.54 Å². The van der Waals surface area contributed by atoms with E-state index in [1.807, 2.05) is 0 Å². The molecule has 0 aromatic carbocycles. The maximum absolute atomic E-state index is 9.52. The fraction of sp³-hybridized carbons (Fsp3) is 0.933. The molecule has 18 heavy (non-hydrogen) atoms. The number of hydrogen-bond acceptors (Lipinski definition) is 3. The van der Waals surface area contributed by atoms with Crippen LogP contribution >= 0.6 is 0 Å². The van der Waals surface area contributed by atoms with Gasteiger partial charge < -0.3 is 4.90 Å². The van der Waals surface area contributed by atoms with Crippen molar-refractivity contribution in [3.05, 3.63) is 0 Å². The molecule has 0 aromatic rings. The summed E-state index contributed by atoms with van der Waals surface area (Å²) in [5.41, 5.74) is -0.219. The summed E-state index contributed by atoms with van der Waals surface area (Å²) in [4.78, 5) is 2.55. The predicted octanol–water partition coefficient (Wildman–Crippen LogP) is 2.28. The first-order chi connectivity index (χ1) is 8.63. The van der Waals surface area contributed by atoms with Gasteiger partial charge in [0.15, 0.2) is 0 Å². The fourth-order valence-electron chi connectivity index (χ4n) is 3.49. The number of hydrogen-bond donors (Lipinski definition) is 1. The normalized spacial score (nSPS) is 37.8. The van der Waals surface area contributed by atoms with Crippen molar-refractivity contribution in [3.8, 4) is 6.07 Å². The lowest BCUT2D eigenvalue weighted by Crippen LogP contribution is -2.46. The van der Waals surface area contributed by atoms with Crippen LogP contribution in [0.15, 0.2) is 0 Å². The molecule has 3 saturated carbocycles. The molecular weight excluding hydrogens is 222 g/mol. The highest BCUT2D eigenvalue weighted by Crippen LogP contribution is 2.40. The van der Waals surface area contributed by atoms with E-state index in [9.17, 15) is 5.26 Å². The van der Waals surface area contributed by atoms with E-state index in [2.05, 4.69) is 30.3 Å². The maximum Gasteiger partial charge on any atom is 0.108 e. The number of nitriles is 1. The van der Waals surface area contributed by atoms with Gasteiger partial charge in [0.05, 0.1) is 6.07 Å². The summed E-state index contributed by atoms with van der Waals surface area (Å²) in [5.74, 6) is 0.920. The molecule has 0 saturated heterocycles. The topological polar surface area (TPSA) is 39.1 Å². The van der Waals surface area contributed by atoms with Crippen LogP contribution in [0.3, 0.4) is 0 Å². The molecule has 0 amide bonds. The zero-order chi connectivity index (χ0) is 12.8. The summed E-state index contributed by atoms with van der Waals surface area (Å²) in [6.07, 6.45) is 8.58. The van der Waals surface area contributed by atoms with Crippen molar-refractivity contribution in [2.45, 2.75) is 75.5 Å². The Hall–Kier alpha value is -0.590. The summed E-state index contributed by atoms with van der Waals surface area (Å²) >= 11 is 0. The third-order valence-corrected chi connectivity index (χ3v) is 5.28. The Morgan fingerprint density at radius 1 is 1.28 bits per heavy atom. The number of rotatable bonds is 5. The first-order valence-electron chi connectivity index (χ1n) is 7.54. The van der Waals surface area contributed by atoms with E-state index in [0.29, 0.717) is 18.1 Å². The highest BCUT2D eigenvalue weighted by molar-refractivity contribution is 5.15. The summed E-state index contributed by atoms with van der Waals surface area (Å²) in [5, 5.41) is 13.1. The third kappa shape index (κ3) is 2.41. The van der Waals surface area contributed by atoms with Gasteiger partial charge in [0.25, 0.3) is 0 Å². The van der Waals surface area contributed by atoms with Crippen molar-refractivity contribution in [2.24, 2.45) is 5.92 Å². The molecule has 0 aromatic heterocycles. The van der Waals surface area contributed by atoms with E-state index >= 15 is 0 Å². The van der Waals surface area contributed by atoms with Crippen molar-refractivity contribution >= 4 is 0 Å². The van der Waals surface area contributed by atoms with Crippen molar-refractivity contribution in [2.75, 3.05) is 7.05 Å². The van der Waals surface area contributed by atoms with Gasteiger partial charge in [-0.1, -0.05) is 0 Å². The van der Waals surface area contributed by atoms with Crippen LogP contribution in [-0.2, 0) is 0 Å². The minimum Gasteiger partial charge on any atom is -0.300 e. The zero-order valence-electron chi connectivity index (χ0n) is 11.7. The molecule has 3 aliphatic rings. The van der Waals surface area contributed by atoms with Gasteiger partial charge in [-0.2, -0.15) is 5.26 Å². The van der Waals surface area contributed by atoms with Crippen LogP contribution in [0.2, 0.25) is 0 Å². The molecule has 100 valence electrons. The SMILES string of the molecule is CC(C1CC1)N(C)C1CCC(C#N)(NC2CC2)C1. The Morgan fingerprint density at radius 2 is 2.00 bits per heavy atom. The summed E-state index contributed by atoms with van der Waals surface area (Å²) < 4.78 is 0. The Balaban J connectivity index is 1.60. The molecule has 0 heterocycles. The quantitative estimate of drug-likeness (QED) is 0.810. The first-order valence-corrected chi connectivity index (χ1v) is 7.54. The monoisotopic (exact) mass is 247 g/mol. The maximum atomic E-state index is 9.52. The molecule has 3 rings (SSSR count). The van der Waals surface area contributed by atoms with E-state index in [1.54, 1.807) is 0 Å². The minimum atomic E-state index is -0.219. The van der Waals surface area contributed by atoms with Crippen LogP contribution in [0.1, 0.15) is 51.9 Å². The lowest BCUT2D eigenvalue weighted by atomic mass is 9.98. The molecular formula is C15H25N3. The standard InChI is InChI=1S/C15H25N3/c1-11(12-3-4-12)18(2)14-7-8-15(9-14,10-16)17-13-5-6-13/h11-14,17H,3-9H2,1-2H3. The lowest BCUT2D eigenvalue weighted by Gasteiger charge is -2.32. The van der Waals surface area contributed by atoms with Gasteiger partial charge in [-0.25, -0.2) is 0 Å². The minimum absolute atomic E-state index is 0.219. The fourth-order valence-corrected chi connectivity index (χ4v) is 3.49. The van der Waals surface area contributed by atoms with Crippen molar-refractivity contribution in [3.63, 3.8) is 0 Å². The molecule has 3 fully saturated rings. The smallest absolute Gasteiger partial charge is 0.108 e. The molecule has 3 aliphatic carbocycles. The van der Waals surface area contributed by atoms with Crippen LogP contribution in [0.4, 0.5) is 0 Å². The molecule has 3 heteroatoms. The average Bonchev–Trinajstić information content (AvgIpc) is 3.27. The largest absolute Gasteiger partial charge is 0.300 e. The highest BCUT2D eigenvalue weighted by Gasteiger charge is 2.45.